The van der Waals surface area contributed by atoms with Crippen LogP contribution in [-0.2, 0) is 18.8 Å². The molecule has 0 unspecified atom stereocenters. The van der Waals surface area contributed by atoms with Crippen molar-refractivity contribution < 1.29 is 31.1 Å². The molecule has 0 fully saturated rings. The van der Waals surface area contributed by atoms with Crippen molar-refractivity contribution in [1.29, 1.82) is 0 Å². The molecule has 3 nitrogen and oxygen atoms in total. The predicted octanol–water partition coefficient (Wildman–Crippen LogP) is 8.03. The molecule has 4 rings (SSSR count). The van der Waals surface area contributed by atoms with E-state index < -0.39 is 23.5 Å². The van der Waals surface area contributed by atoms with Crippen molar-refractivity contribution in [2.45, 2.75) is 25.2 Å². The van der Waals surface area contributed by atoms with Gasteiger partial charge in [-0.05, 0) is 54.8 Å². The summed E-state index contributed by atoms with van der Waals surface area (Å²) < 4.78 is 84.9. The van der Waals surface area contributed by atoms with E-state index in [9.17, 15) is 26.3 Å². The molecule has 3 aromatic carbocycles. The summed E-state index contributed by atoms with van der Waals surface area (Å²) in [6.07, 6.45) is -6.77. The van der Waals surface area contributed by atoms with Crippen molar-refractivity contribution in [3.8, 4) is 5.75 Å². The van der Waals surface area contributed by atoms with Crippen molar-refractivity contribution in [3.05, 3.63) is 95.7 Å². The number of benzene rings is 3. The first-order valence-corrected chi connectivity index (χ1v) is 10.7. The van der Waals surface area contributed by atoms with Gasteiger partial charge < -0.3 is 10.1 Å². The minimum Gasteiger partial charge on any atom is -0.494 e. The molecule has 0 aliphatic heterocycles. The van der Waals surface area contributed by atoms with Gasteiger partial charge >= 0.3 is 12.4 Å². The Labute approximate surface area is 197 Å². The van der Waals surface area contributed by atoms with Gasteiger partial charge in [-0.3, -0.25) is 4.98 Å². The van der Waals surface area contributed by atoms with E-state index in [0.717, 1.165) is 12.8 Å². The van der Waals surface area contributed by atoms with E-state index in [-0.39, 0.29) is 11.8 Å². The first-order valence-electron chi connectivity index (χ1n) is 10.7. The number of nitrogens with one attached hydrogen (secondary N) is 1. The molecule has 0 saturated carbocycles. The van der Waals surface area contributed by atoms with Gasteiger partial charge in [0, 0.05) is 29.0 Å². The van der Waals surface area contributed by atoms with Crippen LogP contribution < -0.4 is 10.1 Å². The maximum atomic E-state index is 13.2. The molecule has 35 heavy (non-hydrogen) atoms. The molecule has 0 amide bonds. The Kier molecular flexibility index (Phi) is 6.86. The normalized spacial score (nSPS) is 12.1. The van der Waals surface area contributed by atoms with Crippen LogP contribution >= 0.6 is 0 Å². The fourth-order valence-electron chi connectivity index (χ4n) is 3.62. The highest BCUT2D eigenvalue weighted by atomic mass is 19.4. The van der Waals surface area contributed by atoms with Crippen LogP contribution in [0.1, 0.15) is 23.1 Å². The number of hydrogen-bond acceptors (Lipinski definition) is 3. The SMILES string of the molecule is FC(F)(F)c1cc(Nc2ccnc3cc(OCCCc4ccccc4)ccc23)cc(C(F)(F)F)c1. The highest BCUT2D eigenvalue weighted by Gasteiger charge is 2.37. The second-order valence-electron chi connectivity index (χ2n) is 7.89. The summed E-state index contributed by atoms with van der Waals surface area (Å²) in [5.41, 5.74) is -1.11. The smallest absolute Gasteiger partial charge is 0.416 e. The summed E-state index contributed by atoms with van der Waals surface area (Å²) >= 11 is 0. The second-order valence-corrected chi connectivity index (χ2v) is 7.89. The van der Waals surface area contributed by atoms with Gasteiger partial charge in [0.2, 0.25) is 0 Å². The Morgan fingerprint density at radius 3 is 2.11 bits per heavy atom. The lowest BCUT2D eigenvalue weighted by Gasteiger charge is -2.16. The molecule has 0 aliphatic rings. The summed E-state index contributed by atoms with van der Waals surface area (Å²) in [6, 6.07) is 17.9. The van der Waals surface area contributed by atoms with Crippen LogP contribution in [0.3, 0.4) is 0 Å². The quantitative estimate of drug-likeness (QED) is 0.210. The molecule has 0 spiro atoms. The van der Waals surface area contributed by atoms with Crippen LogP contribution in [0, 0.1) is 0 Å². The number of hydrogen-bond donors (Lipinski definition) is 1. The number of alkyl halides is 6. The minimum atomic E-state index is -4.93. The summed E-state index contributed by atoms with van der Waals surface area (Å²) in [5, 5.41) is 3.20. The van der Waals surface area contributed by atoms with E-state index >= 15 is 0 Å². The number of halogens is 6. The molecule has 0 aliphatic carbocycles. The van der Waals surface area contributed by atoms with Crippen molar-refractivity contribution in [3.63, 3.8) is 0 Å². The maximum absolute atomic E-state index is 13.2. The molecule has 0 radical (unpaired) electrons. The second kappa shape index (κ2) is 9.85. The van der Waals surface area contributed by atoms with Crippen LogP contribution in [0.25, 0.3) is 10.9 Å². The molecular weight excluding hydrogens is 470 g/mol. The molecule has 182 valence electrons. The summed E-state index contributed by atoms with van der Waals surface area (Å²) in [4.78, 5) is 4.25. The van der Waals surface area contributed by atoms with Gasteiger partial charge in [-0.15, -0.1) is 0 Å². The number of anilines is 2. The first kappa shape index (κ1) is 24.4. The van der Waals surface area contributed by atoms with E-state index in [1.807, 2.05) is 30.3 Å². The van der Waals surface area contributed by atoms with Crippen molar-refractivity contribution in [2.24, 2.45) is 0 Å². The molecule has 4 aromatic rings. The Morgan fingerprint density at radius 1 is 0.771 bits per heavy atom. The van der Waals surface area contributed by atoms with Gasteiger partial charge in [0.15, 0.2) is 0 Å². The van der Waals surface area contributed by atoms with E-state index in [0.29, 0.717) is 41.1 Å². The molecule has 1 aromatic heterocycles. The number of fused-ring (bicyclic) bond motifs is 1. The largest absolute Gasteiger partial charge is 0.494 e. The number of rotatable bonds is 7. The average molecular weight is 490 g/mol. The standard InChI is InChI=1S/C26H20F6N2O/c27-25(28,29)18-13-19(26(30,31)32)15-20(14-18)34-23-10-11-33-24-16-21(8-9-22(23)24)35-12-4-7-17-5-2-1-3-6-17/h1-3,5-6,8-11,13-16H,4,7,12H2,(H,33,34). The van der Waals surface area contributed by atoms with E-state index in [1.165, 1.54) is 17.8 Å². The molecule has 0 saturated heterocycles. The molecule has 9 heteroatoms. The number of aryl methyl sites for hydroxylation is 1. The Bertz CT molecular complexity index is 1270. The molecule has 1 N–H and O–H groups in total. The van der Waals surface area contributed by atoms with Crippen LogP contribution in [0.15, 0.2) is 79.0 Å². The fourth-order valence-corrected chi connectivity index (χ4v) is 3.62. The third-order valence-corrected chi connectivity index (χ3v) is 5.30. The number of ether oxygens (including phenoxy) is 1. The predicted molar refractivity (Wildman–Crippen MR) is 122 cm³/mol. The molecule has 0 bridgehead atoms. The molecular formula is C26H20F6N2O. The zero-order valence-corrected chi connectivity index (χ0v) is 18.3. The molecule has 0 atom stereocenters. The lowest BCUT2D eigenvalue weighted by molar-refractivity contribution is -0.143. The van der Waals surface area contributed by atoms with Gasteiger partial charge in [0.05, 0.1) is 23.3 Å². The van der Waals surface area contributed by atoms with Crippen LogP contribution in [0.4, 0.5) is 37.7 Å². The van der Waals surface area contributed by atoms with Crippen molar-refractivity contribution in [2.75, 3.05) is 11.9 Å². The van der Waals surface area contributed by atoms with Crippen molar-refractivity contribution in [1.82, 2.24) is 4.98 Å². The number of nitrogens with zero attached hydrogens (tertiary/aromatic N) is 1. The van der Waals surface area contributed by atoms with Crippen LogP contribution in [0.5, 0.6) is 5.75 Å². The van der Waals surface area contributed by atoms with Crippen LogP contribution in [0.2, 0.25) is 0 Å². The highest BCUT2D eigenvalue weighted by molar-refractivity contribution is 5.93. The Morgan fingerprint density at radius 2 is 1.46 bits per heavy atom. The Balaban J connectivity index is 1.52. The fraction of sp³-hybridized carbons (Fsp3) is 0.192. The third-order valence-electron chi connectivity index (χ3n) is 5.30. The lowest BCUT2D eigenvalue weighted by atomic mass is 10.1. The van der Waals surface area contributed by atoms with E-state index in [4.69, 9.17) is 4.74 Å². The zero-order chi connectivity index (χ0) is 25.1. The summed E-state index contributed by atoms with van der Waals surface area (Å²) in [7, 11) is 0. The minimum absolute atomic E-state index is 0.0945. The average Bonchev–Trinajstić information content (AvgIpc) is 2.81. The third kappa shape index (κ3) is 6.23. The molecule has 1 heterocycles. The highest BCUT2D eigenvalue weighted by Crippen LogP contribution is 2.38. The van der Waals surface area contributed by atoms with Crippen molar-refractivity contribution >= 4 is 22.3 Å². The van der Waals surface area contributed by atoms with Gasteiger partial charge in [0.1, 0.15) is 5.75 Å². The van der Waals surface area contributed by atoms with Gasteiger partial charge in [-0.25, -0.2) is 0 Å². The number of aromatic nitrogens is 1. The lowest BCUT2D eigenvalue weighted by Crippen LogP contribution is -2.11. The monoisotopic (exact) mass is 490 g/mol. The topological polar surface area (TPSA) is 34.2 Å². The maximum Gasteiger partial charge on any atom is 0.416 e. The zero-order valence-electron chi connectivity index (χ0n) is 18.3. The number of pyridine rings is 1. The summed E-state index contributed by atoms with van der Waals surface area (Å²) in [6.45, 7) is 0.475. The van der Waals surface area contributed by atoms with Gasteiger partial charge in [0.25, 0.3) is 0 Å². The van der Waals surface area contributed by atoms with Crippen LogP contribution in [-0.4, -0.2) is 11.6 Å². The van der Waals surface area contributed by atoms with E-state index in [2.05, 4.69) is 10.3 Å². The van der Waals surface area contributed by atoms with E-state index in [1.54, 1.807) is 18.2 Å². The van der Waals surface area contributed by atoms with Gasteiger partial charge in [-0.1, -0.05) is 30.3 Å². The first-order chi connectivity index (χ1) is 16.6. The summed E-state index contributed by atoms with van der Waals surface area (Å²) in [5.74, 6) is 0.564. The van der Waals surface area contributed by atoms with Gasteiger partial charge in [-0.2, -0.15) is 26.3 Å². The Hall–Kier alpha value is -3.75.